The van der Waals surface area contributed by atoms with Gasteiger partial charge in [0.05, 0.1) is 18.3 Å². The zero-order valence-corrected chi connectivity index (χ0v) is 23.8. The van der Waals surface area contributed by atoms with E-state index in [9.17, 15) is 0 Å². The fraction of sp³-hybridized carbons (Fsp3) is 0.692. The number of ether oxygens (including phenoxy) is 1. The van der Waals surface area contributed by atoms with Crippen molar-refractivity contribution >= 4 is 15.4 Å². The van der Waals surface area contributed by atoms with Gasteiger partial charge in [0.15, 0.2) is 8.32 Å². The van der Waals surface area contributed by atoms with Crippen LogP contribution in [0.25, 0.3) is 0 Å². The van der Waals surface area contributed by atoms with E-state index in [-0.39, 0.29) is 11.0 Å². The number of hydrogen-bond acceptors (Lipinski definition) is 5. The van der Waals surface area contributed by atoms with Crippen molar-refractivity contribution in [2.75, 3.05) is 13.7 Å². The van der Waals surface area contributed by atoms with Gasteiger partial charge >= 0.3 is 7.12 Å². The Bertz CT molecular complexity index is 829. The van der Waals surface area contributed by atoms with Crippen molar-refractivity contribution in [3.8, 4) is 5.75 Å². The summed E-state index contributed by atoms with van der Waals surface area (Å²) >= 11 is 0. The Labute approximate surface area is 203 Å². The van der Waals surface area contributed by atoms with E-state index in [1.807, 2.05) is 31.2 Å². The summed E-state index contributed by atoms with van der Waals surface area (Å²) < 4.78 is 24.9. The molecule has 0 aliphatic carbocycles. The molecular weight excluding hydrogens is 429 g/mol. The Hall–Kier alpha value is -1.12. The lowest BCUT2D eigenvalue weighted by molar-refractivity contribution is 0.00578. The molecule has 0 spiro atoms. The number of nitrogens with two attached hydrogens (primary N) is 1. The molecule has 2 atom stereocenters. The zero-order chi connectivity index (χ0) is 25.5. The summed E-state index contributed by atoms with van der Waals surface area (Å²) in [5.74, 6) is 0.618. The molecule has 1 aliphatic heterocycles. The minimum atomic E-state index is -1.90. The molecule has 0 saturated carbocycles. The molecule has 0 amide bonds. The molecular formula is C26H46BNO4Si. The summed E-state index contributed by atoms with van der Waals surface area (Å²) in [7, 11) is -0.760. The monoisotopic (exact) mass is 475 g/mol. The maximum Gasteiger partial charge on any atom is 0.490 e. The Morgan fingerprint density at radius 1 is 1.09 bits per heavy atom. The zero-order valence-electron chi connectivity index (χ0n) is 22.8. The lowest BCUT2D eigenvalue weighted by Gasteiger charge is -2.40. The third kappa shape index (κ3) is 5.76. The smallest absolute Gasteiger partial charge is 0.490 e. The second-order valence-electron chi connectivity index (χ2n) is 12.1. The SMILES string of the molecule is C=C(B1OC(C)(C)C(C)(C)O1)[C@H](CCO[Si](C)(C)C(C)(C)C)[C@@](C)(N)c1ccccc1OC. The molecule has 1 aromatic carbocycles. The van der Waals surface area contributed by atoms with Gasteiger partial charge in [0, 0.05) is 23.6 Å². The molecule has 0 bridgehead atoms. The van der Waals surface area contributed by atoms with Gasteiger partial charge in [-0.25, -0.2) is 0 Å². The highest BCUT2D eigenvalue weighted by molar-refractivity contribution is 6.74. The van der Waals surface area contributed by atoms with Gasteiger partial charge in [0.1, 0.15) is 5.75 Å². The lowest BCUT2D eigenvalue weighted by atomic mass is 9.63. The fourth-order valence-corrected chi connectivity index (χ4v) is 5.02. The van der Waals surface area contributed by atoms with E-state index >= 15 is 0 Å². The van der Waals surface area contributed by atoms with Gasteiger partial charge in [-0.2, -0.15) is 0 Å². The molecule has 2 rings (SSSR count). The summed E-state index contributed by atoms with van der Waals surface area (Å²) in [5.41, 5.74) is 7.22. The van der Waals surface area contributed by atoms with E-state index in [1.54, 1.807) is 7.11 Å². The van der Waals surface area contributed by atoms with Crippen LogP contribution < -0.4 is 10.5 Å². The Kier molecular flexibility index (Phi) is 8.09. The minimum Gasteiger partial charge on any atom is -0.496 e. The van der Waals surface area contributed by atoms with E-state index < -0.39 is 32.2 Å². The highest BCUT2D eigenvalue weighted by Crippen LogP contribution is 2.45. The third-order valence-corrected chi connectivity index (χ3v) is 12.6. The average Bonchev–Trinajstić information content (AvgIpc) is 2.91. The van der Waals surface area contributed by atoms with Crippen molar-refractivity contribution in [3.63, 3.8) is 0 Å². The normalized spacial score (nSPS) is 20.9. The summed E-state index contributed by atoms with van der Waals surface area (Å²) in [6.07, 6.45) is 0.709. The fourth-order valence-electron chi connectivity index (χ4n) is 3.95. The molecule has 7 heteroatoms. The third-order valence-electron chi connectivity index (χ3n) is 8.09. The van der Waals surface area contributed by atoms with E-state index in [0.29, 0.717) is 13.0 Å². The van der Waals surface area contributed by atoms with E-state index in [0.717, 1.165) is 16.8 Å². The predicted octanol–water partition coefficient (Wildman–Crippen LogP) is 6.08. The van der Waals surface area contributed by atoms with Crippen molar-refractivity contribution in [2.45, 2.75) is 96.7 Å². The molecule has 1 fully saturated rings. The molecule has 0 radical (unpaired) electrons. The van der Waals surface area contributed by atoms with Crippen LogP contribution in [0, 0.1) is 5.92 Å². The Balaban J connectivity index is 2.39. The van der Waals surface area contributed by atoms with Crippen LogP contribution in [-0.4, -0.2) is 40.4 Å². The molecule has 33 heavy (non-hydrogen) atoms. The van der Waals surface area contributed by atoms with Crippen LogP contribution in [0.5, 0.6) is 5.75 Å². The van der Waals surface area contributed by atoms with Gasteiger partial charge in [-0.05, 0) is 70.7 Å². The molecule has 1 saturated heterocycles. The molecule has 5 nitrogen and oxygen atoms in total. The molecule has 2 N–H and O–H groups in total. The first-order chi connectivity index (χ1) is 14.9. The molecule has 1 heterocycles. The first kappa shape index (κ1) is 28.1. The largest absolute Gasteiger partial charge is 0.496 e. The van der Waals surface area contributed by atoms with Crippen molar-refractivity contribution in [2.24, 2.45) is 11.7 Å². The first-order valence-electron chi connectivity index (χ1n) is 12.0. The quantitative estimate of drug-likeness (QED) is 0.438. The van der Waals surface area contributed by atoms with Crippen LogP contribution in [0.1, 0.15) is 67.4 Å². The summed E-state index contributed by atoms with van der Waals surface area (Å²) in [6.45, 7) is 26.6. The van der Waals surface area contributed by atoms with Gasteiger partial charge in [-0.15, -0.1) is 6.58 Å². The minimum absolute atomic E-state index is 0.139. The lowest BCUT2D eigenvalue weighted by Crippen LogP contribution is -2.47. The highest BCUT2D eigenvalue weighted by Gasteiger charge is 2.54. The van der Waals surface area contributed by atoms with Crippen molar-refractivity contribution in [3.05, 3.63) is 41.9 Å². The van der Waals surface area contributed by atoms with Crippen LogP contribution >= 0.6 is 0 Å². The summed E-state index contributed by atoms with van der Waals surface area (Å²) in [6, 6.07) is 7.92. The number of para-hydroxylation sites is 1. The molecule has 1 aliphatic rings. The van der Waals surface area contributed by atoms with Gasteiger partial charge in [-0.3, -0.25) is 0 Å². The second-order valence-corrected chi connectivity index (χ2v) is 16.9. The standard InChI is InChI=1S/C26H46BNO4Si/c1-19(27-31-24(5,6)25(7,8)32-27)20(17-18-30-33(11,12)23(2,3)4)26(9,28)21-15-13-14-16-22(21)29-10/h13-16,20H,1,17-18,28H2,2-12H3/t20-,26+/m0/s1. The van der Waals surface area contributed by atoms with E-state index in [4.69, 9.17) is 24.2 Å². The molecule has 1 aromatic rings. The number of rotatable bonds is 9. The van der Waals surface area contributed by atoms with Crippen molar-refractivity contribution in [1.29, 1.82) is 0 Å². The second kappa shape index (κ2) is 9.50. The number of benzene rings is 1. The van der Waals surface area contributed by atoms with Crippen LogP contribution in [0.3, 0.4) is 0 Å². The molecule has 186 valence electrons. The van der Waals surface area contributed by atoms with Crippen LogP contribution in [0.4, 0.5) is 0 Å². The molecule has 0 unspecified atom stereocenters. The number of methoxy groups -OCH3 is 1. The number of hydrogen-bond donors (Lipinski definition) is 1. The molecule has 0 aromatic heterocycles. The summed E-state index contributed by atoms with van der Waals surface area (Å²) in [5, 5.41) is 0.139. The average molecular weight is 476 g/mol. The van der Waals surface area contributed by atoms with Gasteiger partial charge in [0.25, 0.3) is 0 Å². The maximum atomic E-state index is 7.10. The van der Waals surface area contributed by atoms with E-state index in [2.05, 4.69) is 68.1 Å². The Morgan fingerprint density at radius 2 is 1.61 bits per heavy atom. The maximum absolute atomic E-state index is 7.10. The van der Waals surface area contributed by atoms with E-state index in [1.165, 1.54) is 0 Å². The van der Waals surface area contributed by atoms with Gasteiger partial charge in [-0.1, -0.05) is 39.0 Å². The van der Waals surface area contributed by atoms with Crippen LogP contribution in [-0.2, 0) is 19.3 Å². The topological polar surface area (TPSA) is 62.9 Å². The van der Waals surface area contributed by atoms with Crippen molar-refractivity contribution < 1.29 is 18.5 Å². The predicted molar refractivity (Wildman–Crippen MR) is 141 cm³/mol. The highest BCUT2D eigenvalue weighted by atomic mass is 28.4. The first-order valence-corrected chi connectivity index (χ1v) is 14.9. The Morgan fingerprint density at radius 3 is 2.09 bits per heavy atom. The summed E-state index contributed by atoms with van der Waals surface area (Å²) in [4.78, 5) is 0. The van der Waals surface area contributed by atoms with Crippen LogP contribution in [0.15, 0.2) is 36.3 Å². The van der Waals surface area contributed by atoms with Gasteiger partial charge < -0.3 is 24.2 Å². The van der Waals surface area contributed by atoms with Gasteiger partial charge in [0.2, 0.25) is 0 Å². The van der Waals surface area contributed by atoms with Crippen LogP contribution in [0.2, 0.25) is 18.1 Å². The van der Waals surface area contributed by atoms with Crippen molar-refractivity contribution in [1.82, 2.24) is 0 Å².